The summed E-state index contributed by atoms with van der Waals surface area (Å²) in [6, 6.07) is 8.13. The number of carbonyl (C=O) groups is 2. The zero-order valence-electron chi connectivity index (χ0n) is 15.4. The van der Waals surface area contributed by atoms with Crippen LogP contribution in [0, 0.1) is 0 Å². The molecule has 9 heteroatoms. The standard InChI is InChI=1S/C19H21F2N5O2/c1-25-14(10-16(20)21)8-5-9-15(19(25)28)23-18(27)17-22-12-26(24-17)11-13-6-3-2-4-7-13/h2-4,6-7,10,12,14-15H,5,8-9,11H2,1H3,(H,23,27)/t14-,15-/m0/s1. The van der Waals surface area contributed by atoms with E-state index in [0.717, 1.165) is 11.6 Å². The van der Waals surface area contributed by atoms with E-state index in [4.69, 9.17) is 0 Å². The lowest BCUT2D eigenvalue weighted by Crippen LogP contribution is -2.48. The lowest BCUT2D eigenvalue weighted by atomic mass is 10.1. The van der Waals surface area contributed by atoms with Crippen LogP contribution in [0.5, 0.6) is 0 Å². The Kier molecular flexibility index (Phi) is 6.13. The molecule has 1 N–H and O–H groups in total. The Labute approximate surface area is 161 Å². The van der Waals surface area contributed by atoms with Crippen LogP contribution in [0.25, 0.3) is 0 Å². The van der Waals surface area contributed by atoms with Gasteiger partial charge in [0.05, 0.1) is 12.6 Å². The van der Waals surface area contributed by atoms with Crippen molar-refractivity contribution in [3.63, 3.8) is 0 Å². The first-order chi connectivity index (χ1) is 13.4. The number of likely N-dealkylation sites (N-methyl/N-ethyl adjacent to an activating group) is 1. The van der Waals surface area contributed by atoms with Crippen LogP contribution >= 0.6 is 0 Å². The number of rotatable bonds is 5. The van der Waals surface area contributed by atoms with E-state index in [0.29, 0.717) is 25.8 Å². The topological polar surface area (TPSA) is 80.1 Å². The molecule has 0 radical (unpaired) electrons. The molecule has 2 heterocycles. The first-order valence-electron chi connectivity index (χ1n) is 8.98. The van der Waals surface area contributed by atoms with Crippen LogP contribution in [-0.2, 0) is 11.3 Å². The van der Waals surface area contributed by atoms with Gasteiger partial charge in [-0.25, -0.2) is 9.67 Å². The fourth-order valence-electron chi connectivity index (χ4n) is 3.20. The minimum atomic E-state index is -1.82. The normalized spacial score (nSPS) is 19.8. The summed E-state index contributed by atoms with van der Waals surface area (Å²) in [5.41, 5.74) is 1.01. The molecule has 2 atom stereocenters. The molecule has 1 aromatic carbocycles. The quantitative estimate of drug-likeness (QED) is 0.850. The summed E-state index contributed by atoms with van der Waals surface area (Å²) in [5, 5.41) is 6.78. The monoisotopic (exact) mass is 389 g/mol. The van der Waals surface area contributed by atoms with Gasteiger partial charge in [0.25, 0.3) is 12.0 Å². The van der Waals surface area contributed by atoms with E-state index in [1.54, 1.807) is 0 Å². The molecule has 1 aliphatic rings. The number of aromatic nitrogens is 3. The highest BCUT2D eigenvalue weighted by atomic mass is 19.3. The minimum absolute atomic E-state index is 0.0399. The van der Waals surface area contributed by atoms with Gasteiger partial charge in [0.1, 0.15) is 12.4 Å². The number of amides is 2. The molecular formula is C19H21F2N5O2. The third-order valence-electron chi connectivity index (χ3n) is 4.69. The van der Waals surface area contributed by atoms with Crippen LogP contribution in [0.4, 0.5) is 8.78 Å². The van der Waals surface area contributed by atoms with Crippen LogP contribution in [0.15, 0.2) is 48.8 Å². The number of likely N-dealkylation sites (tertiary alicyclic amines) is 1. The Morgan fingerprint density at radius 1 is 1.29 bits per heavy atom. The number of hydrogen-bond donors (Lipinski definition) is 1. The number of nitrogens with zero attached hydrogens (tertiary/aromatic N) is 4. The molecule has 28 heavy (non-hydrogen) atoms. The van der Waals surface area contributed by atoms with Gasteiger partial charge in [-0.05, 0) is 24.8 Å². The fourth-order valence-corrected chi connectivity index (χ4v) is 3.20. The number of hydrogen-bond acceptors (Lipinski definition) is 4. The molecule has 148 valence electrons. The summed E-state index contributed by atoms with van der Waals surface area (Å²) in [6.07, 6.45) is 1.72. The molecule has 1 aliphatic heterocycles. The molecule has 0 bridgehead atoms. The molecule has 0 unspecified atom stereocenters. The second-order valence-electron chi connectivity index (χ2n) is 6.68. The van der Waals surface area contributed by atoms with Crippen LogP contribution < -0.4 is 5.32 Å². The van der Waals surface area contributed by atoms with Gasteiger partial charge in [0.2, 0.25) is 11.7 Å². The van der Waals surface area contributed by atoms with E-state index in [1.807, 2.05) is 30.3 Å². The van der Waals surface area contributed by atoms with E-state index < -0.39 is 30.0 Å². The van der Waals surface area contributed by atoms with Crippen molar-refractivity contribution >= 4 is 11.8 Å². The Bertz CT molecular complexity index is 864. The van der Waals surface area contributed by atoms with Crippen molar-refractivity contribution in [3.05, 3.63) is 60.2 Å². The van der Waals surface area contributed by atoms with Crippen molar-refractivity contribution in [2.75, 3.05) is 7.05 Å². The van der Waals surface area contributed by atoms with Crippen molar-refractivity contribution in [1.82, 2.24) is 25.0 Å². The largest absolute Gasteiger partial charge is 0.337 e. The lowest BCUT2D eigenvalue weighted by Gasteiger charge is -2.25. The summed E-state index contributed by atoms with van der Waals surface area (Å²) in [7, 11) is 1.46. The summed E-state index contributed by atoms with van der Waals surface area (Å²) in [5.74, 6) is -1.01. The predicted octanol–water partition coefficient (Wildman–Crippen LogP) is 2.22. The van der Waals surface area contributed by atoms with E-state index in [1.165, 1.54) is 23.0 Å². The zero-order valence-corrected chi connectivity index (χ0v) is 15.4. The fraction of sp³-hybridized carbons (Fsp3) is 0.368. The molecule has 1 aromatic heterocycles. The predicted molar refractivity (Wildman–Crippen MR) is 97.5 cm³/mol. The Morgan fingerprint density at radius 2 is 2.04 bits per heavy atom. The van der Waals surface area contributed by atoms with Crippen molar-refractivity contribution in [3.8, 4) is 0 Å². The Balaban J connectivity index is 1.64. The first kappa shape index (κ1) is 19.7. The maximum Gasteiger partial charge on any atom is 0.291 e. The minimum Gasteiger partial charge on any atom is -0.337 e. The van der Waals surface area contributed by atoms with Crippen molar-refractivity contribution in [2.24, 2.45) is 0 Å². The van der Waals surface area contributed by atoms with Gasteiger partial charge in [0.15, 0.2) is 0 Å². The number of carbonyl (C=O) groups excluding carboxylic acids is 2. The van der Waals surface area contributed by atoms with E-state index in [9.17, 15) is 18.4 Å². The first-order valence-corrected chi connectivity index (χ1v) is 8.98. The van der Waals surface area contributed by atoms with Gasteiger partial charge in [-0.3, -0.25) is 9.59 Å². The van der Waals surface area contributed by atoms with Crippen molar-refractivity contribution in [1.29, 1.82) is 0 Å². The van der Waals surface area contributed by atoms with Gasteiger partial charge in [-0.1, -0.05) is 30.3 Å². The van der Waals surface area contributed by atoms with Crippen molar-refractivity contribution < 1.29 is 18.4 Å². The van der Waals surface area contributed by atoms with Crippen LogP contribution in [0.3, 0.4) is 0 Å². The Hall–Kier alpha value is -3.10. The molecular weight excluding hydrogens is 368 g/mol. The third-order valence-corrected chi connectivity index (χ3v) is 4.69. The summed E-state index contributed by atoms with van der Waals surface area (Å²) in [6.45, 7) is 0.467. The third kappa shape index (κ3) is 4.79. The highest BCUT2D eigenvalue weighted by molar-refractivity contribution is 5.94. The summed E-state index contributed by atoms with van der Waals surface area (Å²) < 4.78 is 26.7. The molecule has 3 rings (SSSR count). The highest BCUT2D eigenvalue weighted by Gasteiger charge is 2.31. The average Bonchev–Trinajstić information content (AvgIpc) is 3.09. The van der Waals surface area contributed by atoms with Gasteiger partial charge in [-0.2, -0.15) is 8.78 Å². The average molecular weight is 389 g/mol. The molecule has 1 saturated heterocycles. The van der Waals surface area contributed by atoms with E-state index >= 15 is 0 Å². The smallest absolute Gasteiger partial charge is 0.291 e. The molecule has 1 fully saturated rings. The number of nitrogens with one attached hydrogen (secondary N) is 1. The molecule has 0 saturated carbocycles. The maximum atomic E-state index is 12.6. The number of halogens is 2. The zero-order chi connectivity index (χ0) is 20.1. The summed E-state index contributed by atoms with van der Waals surface area (Å²) in [4.78, 5) is 30.2. The maximum absolute atomic E-state index is 12.6. The summed E-state index contributed by atoms with van der Waals surface area (Å²) >= 11 is 0. The second kappa shape index (κ2) is 8.73. The van der Waals surface area contributed by atoms with Crippen LogP contribution in [0.2, 0.25) is 0 Å². The van der Waals surface area contributed by atoms with Gasteiger partial charge in [0, 0.05) is 13.1 Å². The number of benzene rings is 1. The molecule has 7 nitrogen and oxygen atoms in total. The second-order valence-corrected chi connectivity index (χ2v) is 6.68. The lowest BCUT2D eigenvalue weighted by molar-refractivity contribution is -0.132. The molecule has 2 amide bonds. The van der Waals surface area contributed by atoms with Gasteiger partial charge in [-0.15, -0.1) is 5.10 Å². The van der Waals surface area contributed by atoms with Crippen LogP contribution in [0.1, 0.15) is 35.4 Å². The van der Waals surface area contributed by atoms with E-state index in [-0.39, 0.29) is 5.82 Å². The Morgan fingerprint density at radius 3 is 2.75 bits per heavy atom. The molecule has 2 aromatic rings. The SMILES string of the molecule is CN1C(=O)[C@@H](NC(=O)c2ncn(Cc3ccccc3)n2)CCC[C@H]1C=C(F)F. The highest BCUT2D eigenvalue weighted by Crippen LogP contribution is 2.20. The molecule has 0 aliphatic carbocycles. The van der Waals surface area contributed by atoms with Gasteiger partial charge < -0.3 is 10.2 Å². The van der Waals surface area contributed by atoms with Gasteiger partial charge >= 0.3 is 0 Å². The van der Waals surface area contributed by atoms with Crippen LogP contribution in [-0.4, -0.2) is 50.6 Å². The van der Waals surface area contributed by atoms with E-state index in [2.05, 4.69) is 15.4 Å². The van der Waals surface area contributed by atoms with Crippen molar-refractivity contribution in [2.45, 2.75) is 37.9 Å². The molecule has 0 spiro atoms.